The molecule has 0 spiro atoms. The molecule has 0 amide bonds. The molecule has 21 heavy (non-hydrogen) atoms. The first-order valence-electron chi connectivity index (χ1n) is 6.87. The normalized spacial score (nSPS) is 15.0. The van der Waals surface area contributed by atoms with E-state index in [4.69, 9.17) is 4.55 Å². The summed E-state index contributed by atoms with van der Waals surface area (Å²) in [4.78, 5) is 3.96. The number of hydrogen-bond donors (Lipinski definition) is 1. The predicted molar refractivity (Wildman–Crippen MR) is 84.3 cm³/mol. The molecule has 0 aliphatic carbocycles. The minimum Gasteiger partial charge on any atom is -0.352 e. The summed E-state index contributed by atoms with van der Waals surface area (Å²) in [6.07, 6.45) is 4.25. The first-order valence-corrected chi connectivity index (χ1v) is 8.47. The standard InChI is InChI=1S/C15H21N2O3S/c1-12-9-13(2)15(14(3)10-12)17-7-6-16(11-17)5-4-8-21(18,19)20/h6-7,9-11H,4-5,8H2,1-3H3,(H,18,19,20). The van der Waals surface area contributed by atoms with Gasteiger partial charge in [0.25, 0.3) is 10.1 Å². The van der Waals surface area contributed by atoms with Crippen LogP contribution < -0.4 is 4.90 Å². The molecule has 0 atom stereocenters. The molecule has 1 N–H and O–H groups in total. The van der Waals surface area contributed by atoms with Gasteiger partial charge in [0.1, 0.15) is 6.67 Å². The second-order valence-corrected chi connectivity index (χ2v) is 7.02. The third kappa shape index (κ3) is 4.22. The SMILES string of the molecule is Cc1cc(C)c(N2[CH]N(CCCS(=O)(=O)O)C=C2)c(C)c1. The van der Waals surface area contributed by atoms with Crippen molar-refractivity contribution in [2.24, 2.45) is 0 Å². The maximum atomic E-state index is 10.7. The zero-order valence-corrected chi connectivity index (χ0v) is 13.4. The van der Waals surface area contributed by atoms with Crippen molar-refractivity contribution < 1.29 is 13.0 Å². The largest absolute Gasteiger partial charge is 0.352 e. The van der Waals surface area contributed by atoms with Gasteiger partial charge in [-0.3, -0.25) is 4.55 Å². The number of rotatable bonds is 5. The molecule has 0 saturated carbocycles. The minimum absolute atomic E-state index is 0.215. The van der Waals surface area contributed by atoms with Crippen LogP contribution in [0.25, 0.3) is 0 Å². The van der Waals surface area contributed by atoms with Gasteiger partial charge in [-0.15, -0.1) is 0 Å². The van der Waals surface area contributed by atoms with Crippen LogP contribution in [0.5, 0.6) is 0 Å². The molecular weight excluding hydrogens is 288 g/mol. The van der Waals surface area contributed by atoms with Crippen molar-refractivity contribution in [1.82, 2.24) is 4.90 Å². The summed E-state index contributed by atoms with van der Waals surface area (Å²) in [6, 6.07) is 4.29. The molecule has 1 aliphatic rings. The second kappa shape index (κ2) is 6.07. The van der Waals surface area contributed by atoms with Crippen molar-refractivity contribution in [3.05, 3.63) is 47.9 Å². The summed E-state index contributed by atoms with van der Waals surface area (Å²) in [6.45, 7) is 8.73. The molecule has 2 rings (SSSR count). The second-order valence-electron chi connectivity index (χ2n) is 5.45. The number of hydrogen-bond acceptors (Lipinski definition) is 4. The molecule has 1 heterocycles. The maximum Gasteiger partial charge on any atom is 0.264 e. The van der Waals surface area contributed by atoms with Gasteiger partial charge in [0.15, 0.2) is 0 Å². The summed E-state index contributed by atoms with van der Waals surface area (Å²) in [7, 11) is -3.88. The molecule has 0 fully saturated rings. The number of nitrogens with zero attached hydrogens (tertiary/aromatic N) is 2. The van der Waals surface area contributed by atoms with Gasteiger partial charge in [-0.25, -0.2) is 0 Å². The Morgan fingerprint density at radius 1 is 1.10 bits per heavy atom. The Morgan fingerprint density at radius 2 is 1.71 bits per heavy atom. The smallest absolute Gasteiger partial charge is 0.264 e. The van der Waals surface area contributed by atoms with Crippen LogP contribution in [-0.2, 0) is 10.1 Å². The van der Waals surface area contributed by atoms with Crippen molar-refractivity contribution in [1.29, 1.82) is 0 Å². The van der Waals surface area contributed by atoms with Crippen molar-refractivity contribution >= 4 is 15.8 Å². The van der Waals surface area contributed by atoms with E-state index in [2.05, 4.69) is 32.9 Å². The molecule has 1 aliphatic heterocycles. The quantitative estimate of drug-likeness (QED) is 0.847. The Kier molecular flexibility index (Phi) is 4.58. The Balaban J connectivity index is 1.99. The highest BCUT2D eigenvalue weighted by molar-refractivity contribution is 7.85. The fraction of sp³-hybridized carbons (Fsp3) is 0.400. The Morgan fingerprint density at radius 3 is 2.29 bits per heavy atom. The molecule has 0 saturated heterocycles. The minimum atomic E-state index is -3.88. The van der Waals surface area contributed by atoms with Gasteiger partial charge < -0.3 is 9.80 Å². The fourth-order valence-electron chi connectivity index (χ4n) is 2.67. The highest BCUT2D eigenvalue weighted by atomic mass is 32.2. The van der Waals surface area contributed by atoms with Crippen LogP contribution in [-0.4, -0.2) is 30.2 Å². The van der Waals surface area contributed by atoms with Gasteiger partial charge >= 0.3 is 0 Å². The number of anilines is 1. The van der Waals surface area contributed by atoms with Gasteiger partial charge in [-0.2, -0.15) is 8.42 Å². The Labute approximate surface area is 126 Å². The van der Waals surface area contributed by atoms with Crippen LogP contribution in [0.15, 0.2) is 24.5 Å². The van der Waals surface area contributed by atoms with E-state index in [1.165, 1.54) is 16.7 Å². The van der Waals surface area contributed by atoms with Gasteiger partial charge in [0, 0.05) is 24.6 Å². The van der Waals surface area contributed by atoms with Crippen LogP contribution >= 0.6 is 0 Å². The lowest BCUT2D eigenvalue weighted by Crippen LogP contribution is -2.22. The molecule has 0 unspecified atom stereocenters. The van der Waals surface area contributed by atoms with Crippen molar-refractivity contribution in [2.75, 3.05) is 17.2 Å². The van der Waals surface area contributed by atoms with E-state index >= 15 is 0 Å². The monoisotopic (exact) mass is 309 g/mol. The van der Waals surface area contributed by atoms with Crippen molar-refractivity contribution in [2.45, 2.75) is 27.2 Å². The van der Waals surface area contributed by atoms with Gasteiger partial charge in [-0.05, 0) is 38.3 Å². The molecule has 115 valence electrons. The fourth-order valence-corrected chi connectivity index (χ4v) is 3.16. The highest BCUT2D eigenvalue weighted by Crippen LogP contribution is 2.30. The van der Waals surface area contributed by atoms with Crippen LogP contribution in [0, 0.1) is 27.4 Å². The lowest BCUT2D eigenvalue weighted by Gasteiger charge is -2.23. The molecular formula is C15H21N2O3S. The third-order valence-corrected chi connectivity index (χ3v) is 4.21. The van der Waals surface area contributed by atoms with Crippen molar-refractivity contribution in [3.63, 3.8) is 0 Å². The zero-order valence-electron chi connectivity index (χ0n) is 12.6. The van der Waals surface area contributed by atoms with Gasteiger partial charge in [0.05, 0.1) is 5.75 Å². The van der Waals surface area contributed by atoms with E-state index in [0.717, 1.165) is 5.69 Å². The molecule has 1 aromatic carbocycles. The van der Waals surface area contributed by atoms with E-state index < -0.39 is 10.1 Å². The first-order chi connectivity index (χ1) is 9.76. The van der Waals surface area contributed by atoms with Gasteiger partial charge in [0.2, 0.25) is 0 Å². The van der Waals surface area contributed by atoms with E-state index in [1.54, 1.807) is 0 Å². The molecule has 1 aromatic rings. The zero-order chi connectivity index (χ0) is 15.6. The van der Waals surface area contributed by atoms with E-state index in [1.807, 2.05) is 28.9 Å². The summed E-state index contributed by atoms with van der Waals surface area (Å²) in [5.41, 5.74) is 4.79. The van der Waals surface area contributed by atoms with Crippen LogP contribution in [0.1, 0.15) is 23.1 Å². The lowest BCUT2D eigenvalue weighted by atomic mass is 10.0. The average molecular weight is 309 g/mol. The van der Waals surface area contributed by atoms with E-state index in [-0.39, 0.29) is 5.75 Å². The summed E-state index contributed by atoms with van der Waals surface area (Å²) in [5, 5.41) is 0. The number of aryl methyl sites for hydroxylation is 3. The van der Waals surface area contributed by atoms with Crippen LogP contribution in [0.4, 0.5) is 5.69 Å². The molecule has 6 heteroatoms. The van der Waals surface area contributed by atoms with Crippen LogP contribution in [0.2, 0.25) is 0 Å². The average Bonchev–Trinajstić information content (AvgIpc) is 2.74. The summed E-state index contributed by atoms with van der Waals surface area (Å²) < 4.78 is 30.2. The Bertz CT molecular complexity index is 630. The third-order valence-electron chi connectivity index (χ3n) is 3.40. The highest BCUT2D eigenvalue weighted by Gasteiger charge is 2.18. The lowest BCUT2D eigenvalue weighted by molar-refractivity contribution is 0.449. The van der Waals surface area contributed by atoms with Crippen LogP contribution in [0.3, 0.4) is 0 Å². The topological polar surface area (TPSA) is 60.9 Å². The van der Waals surface area contributed by atoms with E-state index in [9.17, 15) is 8.42 Å². The summed E-state index contributed by atoms with van der Waals surface area (Å²) in [5.74, 6) is -0.215. The Hall–Kier alpha value is -1.53. The van der Waals surface area contributed by atoms with E-state index in [0.29, 0.717) is 13.0 Å². The first kappa shape index (κ1) is 15.9. The predicted octanol–water partition coefficient (Wildman–Crippen LogP) is 2.60. The van der Waals surface area contributed by atoms with Crippen molar-refractivity contribution in [3.8, 4) is 0 Å². The molecule has 1 radical (unpaired) electrons. The maximum absolute atomic E-state index is 10.7. The molecule has 5 nitrogen and oxygen atoms in total. The summed E-state index contributed by atoms with van der Waals surface area (Å²) >= 11 is 0. The molecule has 0 aromatic heterocycles. The number of benzene rings is 1. The van der Waals surface area contributed by atoms with Gasteiger partial charge in [-0.1, -0.05) is 17.7 Å². The molecule has 0 bridgehead atoms.